The molecule has 1 aromatic rings. The average molecular weight is 325 g/mol. The minimum Gasteiger partial charge on any atom is -0.481 e. The standard InChI is InChI=1S/C16H21ClN2O3/c1-3-15(20)18-8-10-19(11-9-18)16(21)12(2)22-14-6-4-13(17)5-7-14/h4-7,12H,3,8-11H2,1-2H3. The van der Waals surface area contributed by atoms with Gasteiger partial charge in [0.25, 0.3) is 5.91 Å². The summed E-state index contributed by atoms with van der Waals surface area (Å²) in [6, 6.07) is 6.93. The summed E-state index contributed by atoms with van der Waals surface area (Å²) in [7, 11) is 0. The van der Waals surface area contributed by atoms with Crippen molar-refractivity contribution >= 4 is 23.4 Å². The predicted molar refractivity (Wildman–Crippen MR) is 85.0 cm³/mol. The van der Waals surface area contributed by atoms with Gasteiger partial charge >= 0.3 is 0 Å². The van der Waals surface area contributed by atoms with Crippen LogP contribution < -0.4 is 4.74 Å². The highest BCUT2D eigenvalue weighted by Gasteiger charge is 2.27. The first kappa shape index (κ1) is 16.6. The van der Waals surface area contributed by atoms with Crippen LogP contribution in [0, 0.1) is 0 Å². The van der Waals surface area contributed by atoms with Gasteiger partial charge in [0.15, 0.2) is 6.10 Å². The smallest absolute Gasteiger partial charge is 0.263 e. The van der Waals surface area contributed by atoms with Gasteiger partial charge < -0.3 is 14.5 Å². The number of carbonyl (C=O) groups excluding carboxylic acids is 2. The second kappa shape index (κ2) is 7.49. The fraction of sp³-hybridized carbons (Fsp3) is 0.500. The van der Waals surface area contributed by atoms with E-state index < -0.39 is 6.10 Å². The van der Waals surface area contributed by atoms with Crippen molar-refractivity contribution in [3.8, 4) is 5.75 Å². The Balaban J connectivity index is 1.86. The Bertz CT molecular complexity index is 525. The van der Waals surface area contributed by atoms with Crippen LogP contribution in [0.2, 0.25) is 5.02 Å². The van der Waals surface area contributed by atoms with Crippen molar-refractivity contribution < 1.29 is 14.3 Å². The number of carbonyl (C=O) groups is 2. The number of amides is 2. The summed E-state index contributed by atoms with van der Waals surface area (Å²) < 4.78 is 5.65. The predicted octanol–water partition coefficient (Wildman–Crippen LogP) is 2.19. The molecule has 1 atom stereocenters. The maximum absolute atomic E-state index is 12.4. The molecule has 2 amide bonds. The van der Waals surface area contributed by atoms with E-state index >= 15 is 0 Å². The number of rotatable bonds is 4. The van der Waals surface area contributed by atoms with Crippen LogP contribution in [0.25, 0.3) is 0 Å². The first-order valence-electron chi connectivity index (χ1n) is 7.50. The molecule has 0 saturated carbocycles. The van der Waals surface area contributed by atoms with E-state index in [0.29, 0.717) is 43.4 Å². The van der Waals surface area contributed by atoms with E-state index in [2.05, 4.69) is 0 Å². The van der Waals surface area contributed by atoms with E-state index in [-0.39, 0.29) is 11.8 Å². The maximum atomic E-state index is 12.4. The van der Waals surface area contributed by atoms with E-state index in [1.807, 2.05) is 6.92 Å². The number of hydrogen-bond acceptors (Lipinski definition) is 3. The lowest BCUT2D eigenvalue weighted by molar-refractivity contribution is -0.143. The van der Waals surface area contributed by atoms with Crippen LogP contribution in [0.5, 0.6) is 5.75 Å². The summed E-state index contributed by atoms with van der Waals surface area (Å²) in [5.41, 5.74) is 0. The van der Waals surface area contributed by atoms with Gasteiger partial charge in [0.1, 0.15) is 5.75 Å². The van der Waals surface area contributed by atoms with E-state index in [1.54, 1.807) is 41.0 Å². The Morgan fingerprint density at radius 2 is 1.68 bits per heavy atom. The molecule has 1 heterocycles. The van der Waals surface area contributed by atoms with Crippen LogP contribution >= 0.6 is 11.6 Å². The van der Waals surface area contributed by atoms with Crippen molar-refractivity contribution in [3.63, 3.8) is 0 Å². The molecule has 0 bridgehead atoms. The number of hydrogen-bond donors (Lipinski definition) is 0. The number of halogens is 1. The molecule has 1 aliphatic heterocycles. The van der Waals surface area contributed by atoms with E-state index in [0.717, 1.165) is 0 Å². The number of nitrogens with zero attached hydrogens (tertiary/aromatic N) is 2. The summed E-state index contributed by atoms with van der Waals surface area (Å²) in [6.07, 6.45) is -0.0566. The van der Waals surface area contributed by atoms with Gasteiger partial charge in [-0.1, -0.05) is 18.5 Å². The van der Waals surface area contributed by atoms with E-state index in [1.165, 1.54) is 0 Å². The van der Waals surface area contributed by atoms with Crippen molar-refractivity contribution in [2.75, 3.05) is 26.2 Å². The normalized spacial score (nSPS) is 16.3. The third-order valence-corrected chi connectivity index (χ3v) is 3.97. The van der Waals surface area contributed by atoms with Crippen molar-refractivity contribution in [1.29, 1.82) is 0 Å². The molecule has 2 rings (SSSR count). The molecule has 6 heteroatoms. The summed E-state index contributed by atoms with van der Waals surface area (Å²) in [4.78, 5) is 27.6. The Kier molecular flexibility index (Phi) is 5.66. The minimum atomic E-state index is -0.561. The summed E-state index contributed by atoms with van der Waals surface area (Å²) in [5.74, 6) is 0.696. The van der Waals surface area contributed by atoms with Gasteiger partial charge in [-0.2, -0.15) is 0 Å². The molecule has 0 aromatic heterocycles. The van der Waals surface area contributed by atoms with E-state index in [9.17, 15) is 9.59 Å². The monoisotopic (exact) mass is 324 g/mol. The zero-order chi connectivity index (χ0) is 16.1. The molecule has 1 aromatic carbocycles. The zero-order valence-electron chi connectivity index (χ0n) is 12.9. The molecule has 22 heavy (non-hydrogen) atoms. The zero-order valence-corrected chi connectivity index (χ0v) is 13.7. The van der Waals surface area contributed by atoms with Crippen LogP contribution in [-0.2, 0) is 9.59 Å². The van der Waals surface area contributed by atoms with Gasteiger partial charge in [-0.15, -0.1) is 0 Å². The Morgan fingerprint density at radius 3 is 2.23 bits per heavy atom. The van der Waals surface area contributed by atoms with Gasteiger partial charge in [0, 0.05) is 37.6 Å². The Hall–Kier alpha value is -1.75. The fourth-order valence-electron chi connectivity index (χ4n) is 2.42. The van der Waals surface area contributed by atoms with Gasteiger partial charge in [0.2, 0.25) is 5.91 Å². The van der Waals surface area contributed by atoms with Crippen LogP contribution in [0.3, 0.4) is 0 Å². The number of piperazine rings is 1. The first-order chi connectivity index (χ1) is 10.5. The van der Waals surface area contributed by atoms with Crippen LogP contribution in [0.1, 0.15) is 20.3 Å². The number of benzene rings is 1. The molecule has 0 radical (unpaired) electrons. The summed E-state index contributed by atoms with van der Waals surface area (Å²) >= 11 is 5.82. The van der Waals surface area contributed by atoms with Gasteiger partial charge in [0.05, 0.1) is 0 Å². The highest BCUT2D eigenvalue weighted by Crippen LogP contribution is 2.17. The largest absolute Gasteiger partial charge is 0.481 e. The molecular formula is C16H21ClN2O3. The second-order valence-electron chi connectivity index (χ2n) is 5.27. The molecular weight excluding hydrogens is 304 g/mol. The van der Waals surface area contributed by atoms with Crippen molar-refractivity contribution in [2.45, 2.75) is 26.4 Å². The molecule has 1 aliphatic rings. The van der Waals surface area contributed by atoms with Crippen LogP contribution in [0.4, 0.5) is 0 Å². The molecule has 1 unspecified atom stereocenters. The van der Waals surface area contributed by atoms with E-state index in [4.69, 9.17) is 16.3 Å². The summed E-state index contributed by atoms with van der Waals surface area (Å²) in [5, 5.41) is 0.628. The van der Waals surface area contributed by atoms with Crippen LogP contribution in [-0.4, -0.2) is 53.9 Å². The lowest BCUT2D eigenvalue weighted by Crippen LogP contribution is -2.53. The second-order valence-corrected chi connectivity index (χ2v) is 5.71. The highest BCUT2D eigenvalue weighted by atomic mass is 35.5. The average Bonchev–Trinajstić information content (AvgIpc) is 2.55. The third-order valence-electron chi connectivity index (χ3n) is 3.72. The Labute approximate surface area is 135 Å². The molecule has 0 aliphatic carbocycles. The molecule has 1 fully saturated rings. The minimum absolute atomic E-state index is 0.0569. The van der Waals surface area contributed by atoms with Gasteiger partial charge in [-0.05, 0) is 31.2 Å². The molecule has 5 nitrogen and oxygen atoms in total. The first-order valence-corrected chi connectivity index (χ1v) is 7.88. The fourth-order valence-corrected chi connectivity index (χ4v) is 2.55. The van der Waals surface area contributed by atoms with Crippen molar-refractivity contribution in [2.24, 2.45) is 0 Å². The van der Waals surface area contributed by atoms with Gasteiger partial charge in [-0.25, -0.2) is 0 Å². The topological polar surface area (TPSA) is 49.9 Å². The Morgan fingerprint density at radius 1 is 1.14 bits per heavy atom. The molecule has 1 saturated heterocycles. The van der Waals surface area contributed by atoms with Gasteiger partial charge in [-0.3, -0.25) is 9.59 Å². The van der Waals surface area contributed by atoms with Crippen molar-refractivity contribution in [1.82, 2.24) is 9.80 Å². The molecule has 0 N–H and O–H groups in total. The third kappa shape index (κ3) is 4.13. The lowest BCUT2D eigenvalue weighted by atomic mass is 10.2. The molecule has 0 spiro atoms. The maximum Gasteiger partial charge on any atom is 0.263 e. The van der Waals surface area contributed by atoms with Crippen molar-refractivity contribution in [3.05, 3.63) is 29.3 Å². The molecule has 120 valence electrons. The lowest BCUT2D eigenvalue weighted by Gasteiger charge is -2.35. The highest BCUT2D eigenvalue weighted by molar-refractivity contribution is 6.30. The summed E-state index contributed by atoms with van der Waals surface area (Å²) in [6.45, 7) is 5.87. The number of ether oxygens (including phenoxy) is 1. The SMILES string of the molecule is CCC(=O)N1CCN(C(=O)C(C)Oc2ccc(Cl)cc2)CC1. The quantitative estimate of drug-likeness (QED) is 0.853. The van der Waals surface area contributed by atoms with Crippen LogP contribution in [0.15, 0.2) is 24.3 Å².